The van der Waals surface area contributed by atoms with Crippen molar-refractivity contribution in [3.63, 3.8) is 0 Å². The van der Waals surface area contributed by atoms with Gasteiger partial charge in [0, 0.05) is 6.04 Å². The van der Waals surface area contributed by atoms with E-state index < -0.39 is 5.60 Å². The Bertz CT molecular complexity index is 791. The highest BCUT2D eigenvalue weighted by Crippen LogP contribution is 2.48. The van der Waals surface area contributed by atoms with E-state index in [9.17, 15) is 10.1 Å². The van der Waals surface area contributed by atoms with Gasteiger partial charge in [-0.2, -0.15) is 5.26 Å². The summed E-state index contributed by atoms with van der Waals surface area (Å²) in [5.74, 6) is 0. The van der Waals surface area contributed by atoms with Crippen LogP contribution in [0.15, 0.2) is 30.3 Å². The number of fused-ring (bicyclic) bond motifs is 2. The number of rotatable bonds is 2. The summed E-state index contributed by atoms with van der Waals surface area (Å²) in [6.07, 6.45) is 6.89. The minimum Gasteiger partial charge on any atom is -0.444 e. The predicted molar refractivity (Wildman–Crippen MR) is 100 cm³/mol. The fraction of sp³-hybridized carbons (Fsp3) is 0.545. The second-order valence-corrected chi connectivity index (χ2v) is 8.85. The van der Waals surface area contributed by atoms with Crippen molar-refractivity contribution in [2.75, 3.05) is 0 Å². The van der Waals surface area contributed by atoms with E-state index in [1.165, 1.54) is 11.1 Å². The molecule has 4 rings (SSSR count). The number of carbonyl (C=O) groups is 1. The van der Waals surface area contributed by atoms with Crippen LogP contribution in [0.25, 0.3) is 5.57 Å². The third-order valence-electron chi connectivity index (χ3n) is 5.77. The topological polar surface area (TPSA) is 53.3 Å². The molecule has 0 N–H and O–H groups in total. The maximum atomic E-state index is 12.6. The number of carbonyl (C=O) groups excluding carboxylic acids is 1. The van der Waals surface area contributed by atoms with E-state index in [0.717, 1.165) is 37.7 Å². The van der Waals surface area contributed by atoms with E-state index in [-0.39, 0.29) is 23.6 Å². The molecule has 2 fully saturated rings. The lowest BCUT2D eigenvalue weighted by atomic mass is 9.91. The van der Waals surface area contributed by atoms with Crippen molar-refractivity contribution in [3.8, 4) is 6.07 Å². The van der Waals surface area contributed by atoms with Crippen molar-refractivity contribution < 1.29 is 9.53 Å². The molecule has 0 radical (unpaired) electrons. The van der Waals surface area contributed by atoms with Crippen molar-refractivity contribution in [3.05, 3.63) is 41.5 Å². The molecule has 2 aliphatic heterocycles. The monoisotopic (exact) mass is 350 g/mol. The second-order valence-electron chi connectivity index (χ2n) is 8.85. The summed E-state index contributed by atoms with van der Waals surface area (Å²) in [5, 5.41) is 9.36. The lowest BCUT2D eigenvalue weighted by molar-refractivity contribution is 0.0175. The maximum Gasteiger partial charge on any atom is 0.411 e. The van der Waals surface area contributed by atoms with Gasteiger partial charge in [0.25, 0.3) is 0 Å². The molecular weight excluding hydrogens is 324 g/mol. The Morgan fingerprint density at radius 3 is 2.46 bits per heavy atom. The number of nitrogens with zero attached hydrogens (tertiary/aromatic N) is 2. The fourth-order valence-corrected chi connectivity index (χ4v) is 4.24. The Kier molecular flexibility index (Phi) is 3.87. The van der Waals surface area contributed by atoms with Crippen molar-refractivity contribution in [2.24, 2.45) is 0 Å². The van der Waals surface area contributed by atoms with Gasteiger partial charge in [0.15, 0.2) is 0 Å². The summed E-state index contributed by atoms with van der Waals surface area (Å²) in [6.45, 7) is 5.73. The highest BCUT2D eigenvalue weighted by Gasteiger charge is 2.45. The molecule has 26 heavy (non-hydrogen) atoms. The molecule has 4 nitrogen and oxygen atoms in total. The Hall–Kier alpha value is -2.28. The molecule has 4 heteroatoms. The summed E-state index contributed by atoms with van der Waals surface area (Å²) < 4.78 is 5.60. The van der Waals surface area contributed by atoms with Crippen LogP contribution >= 0.6 is 0 Å². The molecular formula is C22H26N2O2. The molecule has 1 aromatic carbocycles. The van der Waals surface area contributed by atoms with Gasteiger partial charge in [-0.25, -0.2) is 4.79 Å². The van der Waals surface area contributed by atoms with Crippen molar-refractivity contribution in [2.45, 2.75) is 76.0 Å². The smallest absolute Gasteiger partial charge is 0.411 e. The summed E-state index contributed by atoms with van der Waals surface area (Å²) >= 11 is 0. The van der Waals surface area contributed by atoms with Gasteiger partial charge in [-0.1, -0.05) is 30.3 Å². The van der Waals surface area contributed by atoms with Crippen LogP contribution in [0.4, 0.5) is 4.79 Å². The zero-order valence-electron chi connectivity index (χ0n) is 15.8. The van der Waals surface area contributed by atoms with Crippen molar-refractivity contribution >= 4 is 11.7 Å². The largest absolute Gasteiger partial charge is 0.444 e. The first-order valence-corrected chi connectivity index (χ1v) is 9.55. The van der Waals surface area contributed by atoms with E-state index in [1.54, 1.807) is 0 Å². The molecule has 1 aromatic rings. The molecule has 0 spiro atoms. The van der Waals surface area contributed by atoms with Crippen LogP contribution < -0.4 is 0 Å². The number of nitriles is 1. The molecule has 1 saturated heterocycles. The lowest BCUT2D eigenvalue weighted by Crippen LogP contribution is -2.45. The van der Waals surface area contributed by atoms with E-state index in [2.05, 4.69) is 36.4 Å². The van der Waals surface area contributed by atoms with Crippen LogP contribution in [-0.2, 0) is 10.2 Å². The molecule has 0 aromatic heterocycles. The van der Waals surface area contributed by atoms with Gasteiger partial charge < -0.3 is 4.74 Å². The SMILES string of the molecule is CC(C)(C)OC(=O)N1C2C=C(c3ccc(C4(C#N)CC4)cc3)CC1CC2. The number of hydrogen-bond acceptors (Lipinski definition) is 3. The number of benzene rings is 1. The van der Waals surface area contributed by atoms with Crippen LogP contribution in [0.2, 0.25) is 0 Å². The van der Waals surface area contributed by atoms with E-state index >= 15 is 0 Å². The van der Waals surface area contributed by atoms with Gasteiger partial charge in [0.1, 0.15) is 5.60 Å². The van der Waals surface area contributed by atoms with Gasteiger partial charge in [-0.3, -0.25) is 4.90 Å². The van der Waals surface area contributed by atoms with E-state index in [0.29, 0.717) is 0 Å². The van der Waals surface area contributed by atoms with Gasteiger partial charge in [-0.05, 0) is 69.6 Å². The van der Waals surface area contributed by atoms with Crippen LogP contribution in [0.3, 0.4) is 0 Å². The average Bonchev–Trinajstić information content (AvgIpc) is 3.34. The molecule has 1 amide bonds. The molecule has 2 unspecified atom stereocenters. The highest BCUT2D eigenvalue weighted by molar-refractivity contribution is 5.75. The molecule has 136 valence electrons. The summed E-state index contributed by atoms with van der Waals surface area (Å²) in [7, 11) is 0. The van der Waals surface area contributed by atoms with E-state index in [1.807, 2.05) is 25.7 Å². The molecule has 2 atom stereocenters. The van der Waals surface area contributed by atoms with Gasteiger partial charge in [0.05, 0.1) is 17.5 Å². The summed E-state index contributed by atoms with van der Waals surface area (Å²) in [6, 6.07) is 11.3. The van der Waals surface area contributed by atoms with Crippen LogP contribution in [0.1, 0.15) is 64.0 Å². The fourth-order valence-electron chi connectivity index (χ4n) is 4.24. The number of hydrogen-bond donors (Lipinski definition) is 0. The quantitative estimate of drug-likeness (QED) is 0.770. The zero-order valence-corrected chi connectivity index (χ0v) is 15.8. The van der Waals surface area contributed by atoms with E-state index in [4.69, 9.17) is 4.74 Å². The van der Waals surface area contributed by atoms with Crippen molar-refractivity contribution in [1.82, 2.24) is 4.90 Å². The Morgan fingerprint density at radius 2 is 1.92 bits per heavy atom. The van der Waals surface area contributed by atoms with Gasteiger partial charge >= 0.3 is 6.09 Å². The standard InChI is InChI=1S/C22H26N2O2/c1-21(2,3)26-20(25)24-18-8-9-19(24)13-16(12-18)15-4-6-17(7-5-15)22(14-23)10-11-22/h4-7,12,18-19H,8-11,13H2,1-3H3. The van der Waals surface area contributed by atoms with Gasteiger partial charge in [0.2, 0.25) is 0 Å². The first kappa shape index (κ1) is 17.1. The van der Waals surface area contributed by atoms with Crippen LogP contribution in [0, 0.1) is 11.3 Å². The number of amides is 1. The van der Waals surface area contributed by atoms with Crippen LogP contribution in [0.5, 0.6) is 0 Å². The third kappa shape index (κ3) is 3.00. The van der Waals surface area contributed by atoms with Crippen LogP contribution in [-0.4, -0.2) is 28.7 Å². The van der Waals surface area contributed by atoms with Gasteiger partial charge in [-0.15, -0.1) is 0 Å². The predicted octanol–water partition coefficient (Wildman–Crippen LogP) is 4.80. The molecule has 1 saturated carbocycles. The minimum absolute atomic E-state index is 0.132. The first-order chi connectivity index (χ1) is 12.3. The lowest BCUT2D eigenvalue weighted by Gasteiger charge is -2.35. The Morgan fingerprint density at radius 1 is 1.23 bits per heavy atom. The first-order valence-electron chi connectivity index (χ1n) is 9.55. The second kappa shape index (κ2) is 5.87. The maximum absolute atomic E-state index is 12.6. The Labute approximate surface area is 155 Å². The Balaban J connectivity index is 1.53. The van der Waals surface area contributed by atoms with Crippen molar-refractivity contribution in [1.29, 1.82) is 5.26 Å². The molecule has 3 aliphatic rings. The minimum atomic E-state index is -0.462. The summed E-state index contributed by atoms with van der Waals surface area (Å²) in [5.41, 5.74) is 2.97. The highest BCUT2D eigenvalue weighted by atomic mass is 16.6. The normalized spacial score (nSPS) is 26.1. The molecule has 1 aliphatic carbocycles. The third-order valence-corrected chi connectivity index (χ3v) is 5.77. The average molecular weight is 350 g/mol. The summed E-state index contributed by atoms with van der Waals surface area (Å²) in [4.78, 5) is 14.5. The molecule has 2 heterocycles. The zero-order chi connectivity index (χ0) is 18.5. The number of ether oxygens (including phenoxy) is 1. The molecule has 2 bridgehead atoms.